The van der Waals surface area contributed by atoms with E-state index >= 15 is 0 Å². The van der Waals surface area contributed by atoms with E-state index in [4.69, 9.17) is 19.4 Å². The van der Waals surface area contributed by atoms with Crippen molar-refractivity contribution in [3.05, 3.63) is 146 Å². The summed E-state index contributed by atoms with van der Waals surface area (Å²) in [6, 6.07) is 45.8. The Bertz CT molecular complexity index is 2540. The Hall–Kier alpha value is -6.20. The first-order valence-corrected chi connectivity index (χ1v) is 14.9. The Balaban J connectivity index is 1.21. The van der Waals surface area contributed by atoms with Gasteiger partial charge in [0.15, 0.2) is 17.5 Å². The van der Waals surface area contributed by atoms with Gasteiger partial charge in [-0.3, -0.25) is 4.98 Å². The fourth-order valence-electron chi connectivity index (χ4n) is 6.12. The predicted octanol–water partition coefficient (Wildman–Crippen LogP) is 10.1. The summed E-state index contributed by atoms with van der Waals surface area (Å²) in [7, 11) is 0. The SMILES string of the molecule is c1ccc(-c2ccc3cc(-c4nc(-c5ccccc5)nc(-c5ccc6ccc7oc8ccncc8c7c6c5)n4)ccc3c2)cc1. The number of aromatic nitrogens is 4. The van der Waals surface area contributed by atoms with Gasteiger partial charge in [0.2, 0.25) is 0 Å². The van der Waals surface area contributed by atoms with Gasteiger partial charge >= 0.3 is 0 Å². The summed E-state index contributed by atoms with van der Waals surface area (Å²) in [5.41, 5.74) is 6.81. The monoisotopic (exact) mass is 576 g/mol. The zero-order chi connectivity index (χ0) is 29.7. The molecule has 3 aromatic heterocycles. The number of benzene rings is 6. The van der Waals surface area contributed by atoms with E-state index in [-0.39, 0.29) is 0 Å². The molecule has 45 heavy (non-hydrogen) atoms. The lowest BCUT2D eigenvalue weighted by atomic mass is 10.00. The average Bonchev–Trinajstić information content (AvgIpc) is 3.51. The van der Waals surface area contributed by atoms with Crippen molar-refractivity contribution >= 4 is 43.5 Å². The summed E-state index contributed by atoms with van der Waals surface area (Å²) in [5, 5.41) is 6.50. The number of hydrogen-bond donors (Lipinski definition) is 0. The van der Waals surface area contributed by atoms with Crippen LogP contribution < -0.4 is 0 Å². The molecule has 9 aromatic rings. The van der Waals surface area contributed by atoms with Crippen LogP contribution in [0.2, 0.25) is 0 Å². The van der Waals surface area contributed by atoms with Gasteiger partial charge in [0, 0.05) is 39.9 Å². The van der Waals surface area contributed by atoms with E-state index in [1.54, 1.807) is 6.20 Å². The van der Waals surface area contributed by atoms with E-state index in [9.17, 15) is 0 Å². The highest BCUT2D eigenvalue weighted by Crippen LogP contribution is 2.36. The molecule has 5 heteroatoms. The molecule has 0 fully saturated rings. The minimum atomic E-state index is 0.614. The van der Waals surface area contributed by atoms with Gasteiger partial charge in [-0.1, -0.05) is 103 Å². The molecule has 0 aliphatic rings. The van der Waals surface area contributed by atoms with Gasteiger partial charge in [-0.2, -0.15) is 0 Å². The van der Waals surface area contributed by atoms with Crippen LogP contribution in [0.25, 0.3) is 88.8 Å². The maximum Gasteiger partial charge on any atom is 0.164 e. The third-order valence-electron chi connectivity index (χ3n) is 8.38. The number of furan rings is 1. The molecule has 0 atom stereocenters. The zero-order valence-corrected chi connectivity index (χ0v) is 24.1. The van der Waals surface area contributed by atoms with E-state index in [1.807, 2.05) is 54.7 Å². The fourth-order valence-corrected chi connectivity index (χ4v) is 6.12. The smallest absolute Gasteiger partial charge is 0.164 e. The Morgan fingerprint density at radius 2 is 0.978 bits per heavy atom. The second-order valence-corrected chi connectivity index (χ2v) is 11.2. The van der Waals surface area contributed by atoms with Gasteiger partial charge in [0.05, 0.1) is 0 Å². The van der Waals surface area contributed by atoms with E-state index < -0.39 is 0 Å². The van der Waals surface area contributed by atoms with Crippen molar-refractivity contribution in [3.8, 4) is 45.3 Å². The first-order valence-electron chi connectivity index (χ1n) is 14.9. The quantitative estimate of drug-likeness (QED) is 0.209. The molecule has 3 heterocycles. The third kappa shape index (κ3) is 4.41. The molecule has 5 nitrogen and oxygen atoms in total. The van der Waals surface area contributed by atoms with Gasteiger partial charge in [-0.25, -0.2) is 15.0 Å². The van der Waals surface area contributed by atoms with Crippen molar-refractivity contribution in [2.45, 2.75) is 0 Å². The molecule has 0 bridgehead atoms. The van der Waals surface area contributed by atoms with Crippen molar-refractivity contribution in [2.24, 2.45) is 0 Å². The summed E-state index contributed by atoms with van der Waals surface area (Å²) < 4.78 is 6.15. The highest BCUT2D eigenvalue weighted by molar-refractivity contribution is 6.19. The fraction of sp³-hybridized carbons (Fsp3) is 0. The lowest BCUT2D eigenvalue weighted by Crippen LogP contribution is -2.00. The Labute approximate surface area is 258 Å². The molecule has 210 valence electrons. The molecule has 0 unspecified atom stereocenters. The van der Waals surface area contributed by atoms with Gasteiger partial charge in [0.1, 0.15) is 11.2 Å². The molecule has 0 aliphatic carbocycles. The number of hydrogen-bond acceptors (Lipinski definition) is 5. The largest absolute Gasteiger partial charge is 0.456 e. The van der Waals surface area contributed by atoms with Crippen LogP contribution in [0.4, 0.5) is 0 Å². The Morgan fingerprint density at radius 1 is 0.400 bits per heavy atom. The second-order valence-electron chi connectivity index (χ2n) is 11.2. The van der Waals surface area contributed by atoms with Crippen molar-refractivity contribution in [3.63, 3.8) is 0 Å². The van der Waals surface area contributed by atoms with Crippen LogP contribution in [0.15, 0.2) is 150 Å². The Kier molecular flexibility index (Phi) is 5.74. The molecule has 0 spiro atoms. The van der Waals surface area contributed by atoms with Crippen LogP contribution in [0.3, 0.4) is 0 Å². The molecule has 0 saturated heterocycles. The standard InChI is InChI=1S/C40H24N4O/c1-3-7-25(8-4-1)28-12-13-30-22-31(16-14-29(30)21-28)39-42-38(27-9-5-2-6-10-27)43-40(44-39)32-15-11-26-17-18-36-37(33(26)23-32)34-24-41-20-19-35(34)45-36/h1-24H. The summed E-state index contributed by atoms with van der Waals surface area (Å²) >= 11 is 0. The van der Waals surface area contributed by atoms with Crippen LogP contribution in [-0.2, 0) is 0 Å². The molecular formula is C40H24N4O. The summed E-state index contributed by atoms with van der Waals surface area (Å²) in [5.74, 6) is 1.87. The van der Waals surface area contributed by atoms with Crippen LogP contribution in [0.1, 0.15) is 0 Å². The average molecular weight is 577 g/mol. The maximum atomic E-state index is 6.15. The topological polar surface area (TPSA) is 64.7 Å². The molecule has 0 amide bonds. The van der Waals surface area contributed by atoms with Crippen LogP contribution >= 0.6 is 0 Å². The lowest BCUT2D eigenvalue weighted by molar-refractivity contribution is 0.668. The first kappa shape index (κ1) is 25.3. The van der Waals surface area contributed by atoms with Crippen molar-refractivity contribution < 1.29 is 4.42 Å². The molecule has 0 saturated carbocycles. The van der Waals surface area contributed by atoms with Crippen molar-refractivity contribution in [1.82, 2.24) is 19.9 Å². The predicted molar refractivity (Wildman–Crippen MR) is 182 cm³/mol. The highest BCUT2D eigenvalue weighted by Gasteiger charge is 2.16. The number of nitrogens with zero attached hydrogens (tertiary/aromatic N) is 4. The minimum absolute atomic E-state index is 0.614. The van der Waals surface area contributed by atoms with Gasteiger partial charge in [-0.05, 0) is 63.0 Å². The van der Waals surface area contributed by atoms with Crippen LogP contribution in [-0.4, -0.2) is 19.9 Å². The lowest BCUT2D eigenvalue weighted by Gasteiger charge is -2.10. The normalized spacial score (nSPS) is 11.6. The summed E-state index contributed by atoms with van der Waals surface area (Å²) in [4.78, 5) is 19.4. The van der Waals surface area contributed by atoms with Gasteiger partial charge in [0.25, 0.3) is 0 Å². The highest BCUT2D eigenvalue weighted by atomic mass is 16.3. The zero-order valence-electron chi connectivity index (χ0n) is 24.1. The van der Waals surface area contributed by atoms with E-state index in [0.717, 1.165) is 60.2 Å². The maximum absolute atomic E-state index is 6.15. The van der Waals surface area contributed by atoms with E-state index in [2.05, 4.69) is 89.9 Å². The molecule has 0 N–H and O–H groups in total. The van der Waals surface area contributed by atoms with Crippen molar-refractivity contribution in [2.75, 3.05) is 0 Å². The minimum Gasteiger partial charge on any atom is -0.456 e. The summed E-state index contributed by atoms with van der Waals surface area (Å²) in [6.07, 6.45) is 3.62. The molecular weight excluding hydrogens is 552 g/mol. The van der Waals surface area contributed by atoms with Gasteiger partial charge < -0.3 is 4.42 Å². The van der Waals surface area contributed by atoms with E-state index in [0.29, 0.717) is 17.5 Å². The number of pyridine rings is 1. The second kappa shape index (κ2) is 10.2. The van der Waals surface area contributed by atoms with Crippen LogP contribution in [0, 0.1) is 0 Å². The molecule has 0 aliphatic heterocycles. The Morgan fingerprint density at radius 3 is 1.71 bits per heavy atom. The number of rotatable bonds is 4. The molecule has 9 rings (SSSR count). The van der Waals surface area contributed by atoms with Gasteiger partial charge in [-0.15, -0.1) is 0 Å². The molecule has 0 radical (unpaired) electrons. The number of fused-ring (bicyclic) bond motifs is 6. The molecule has 6 aromatic carbocycles. The van der Waals surface area contributed by atoms with E-state index in [1.165, 1.54) is 11.1 Å². The summed E-state index contributed by atoms with van der Waals surface area (Å²) in [6.45, 7) is 0. The first-order chi connectivity index (χ1) is 22.3. The third-order valence-corrected chi connectivity index (χ3v) is 8.38. The van der Waals surface area contributed by atoms with Crippen molar-refractivity contribution in [1.29, 1.82) is 0 Å². The van der Waals surface area contributed by atoms with Crippen LogP contribution in [0.5, 0.6) is 0 Å².